The largest absolute Gasteiger partial charge is 0.391 e. The van der Waals surface area contributed by atoms with E-state index in [0.717, 1.165) is 0 Å². The van der Waals surface area contributed by atoms with Crippen LogP contribution >= 0.6 is 0 Å². The first-order valence-corrected chi connectivity index (χ1v) is 5.60. The van der Waals surface area contributed by atoms with Crippen LogP contribution in [0.25, 0.3) is 10.9 Å². The lowest BCUT2D eigenvalue weighted by Gasteiger charge is -2.14. The van der Waals surface area contributed by atoms with Crippen molar-refractivity contribution in [2.45, 2.75) is 26.5 Å². The van der Waals surface area contributed by atoms with Gasteiger partial charge in [0.1, 0.15) is 5.52 Å². The Morgan fingerprint density at radius 1 is 1.35 bits per heavy atom. The average Bonchev–Trinajstić information content (AvgIpc) is 2.33. The van der Waals surface area contributed by atoms with Crippen molar-refractivity contribution in [3.8, 4) is 0 Å². The second-order valence-corrected chi connectivity index (χ2v) is 4.41. The zero-order valence-electron chi connectivity index (χ0n) is 9.87. The van der Waals surface area contributed by atoms with Gasteiger partial charge in [-0.1, -0.05) is 31.2 Å². The molecule has 90 valence electrons. The molecule has 0 aliphatic heterocycles. The number of aliphatic hydroxyl groups is 1. The van der Waals surface area contributed by atoms with Crippen molar-refractivity contribution in [1.29, 1.82) is 0 Å². The van der Waals surface area contributed by atoms with E-state index >= 15 is 0 Å². The summed E-state index contributed by atoms with van der Waals surface area (Å²) in [6, 6.07) is 7.05. The number of fused-ring (bicyclic) bond motifs is 1. The summed E-state index contributed by atoms with van der Waals surface area (Å²) in [6.07, 6.45) is -0.594. The highest BCUT2D eigenvalue weighted by molar-refractivity contribution is 5.76. The Kier molecular flexibility index (Phi) is 3.19. The molecule has 0 radical (unpaired) electrons. The second-order valence-electron chi connectivity index (χ2n) is 4.41. The molecule has 0 bridgehead atoms. The number of aromatic nitrogens is 3. The molecule has 0 spiro atoms. The van der Waals surface area contributed by atoms with E-state index in [1.54, 1.807) is 18.2 Å². The SMILES string of the molecule is CC(C)C(O)Cn1nnc2ccccc2c1=O. The van der Waals surface area contributed by atoms with E-state index in [0.29, 0.717) is 10.9 Å². The maximum absolute atomic E-state index is 12.0. The third kappa shape index (κ3) is 2.34. The smallest absolute Gasteiger partial charge is 0.277 e. The quantitative estimate of drug-likeness (QED) is 0.851. The van der Waals surface area contributed by atoms with Crippen LogP contribution in [-0.4, -0.2) is 26.2 Å². The van der Waals surface area contributed by atoms with E-state index in [4.69, 9.17) is 0 Å². The number of aliphatic hydroxyl groups excluding tert-OH is 1. The monoisotopic (exact) mass is 233 g/mol. The molecule has 2 rings (SSSR count). The van der Waals surface area contributed by atoms with Gasteiger partial charge in [-0.15, -0.1) is 5.10 Å². The number of rotatable bonds is 3. The van der Waals surface area contributed by atoms with Gasteiger partial charge in [0.25, 0.3) is 5.56 Å². The van der Waals surface area contributed by atoms with Crippen molar-refractivity contribution in [3.63, 3.8) is 0 Å². The molecule has 17 heavy (non-hydrogen) atoms. The highest BCUT2D eigenvalue weighted by atomic mass is 16.3. The summed E-state index contributed by atoms with van der Waals surface area (Å²) >= 11 is 0. The lowest BCUT2D eigenvalue weighted by atomic mass is 10.1. The maximum atomic E-state index is 12.0. The Balaban J connectivity index is 2.43. The molecular formula is C12H15N3O2. The molecule has 0 fully saturated rings. The second kappa shape index (κ2) is 4.63. The number of hydrogen-bond donors (Lipinski definition) is 1. The summed E-state index contributed by atoms with van der Waals surface area (Å²) in [5.74, 6) is 0.0789. The lowest BCUT2D eigenvalue weighted by Crippen LogP contribution is -2.32. The predicted molar refractivity (Wildman–Crippen MR) is 64.6 cm³/mol. The lowest BCUT2D eigenvalue weighted by molar-refractivity contribution is 0.100. The normalized spacial score (nSPS) is 13.2. The minimum absolute atomic E-state index is 0.0789. The number of nitrogens with zero attached hydrogens (tertiary/aromatic N) is 3. The van der Waals surface area contributed by atoms with Gasteiger partial charge in [0, 0.05) is 0 Å². The van der Waals surface area contributed by atoms with Crippen LogP contribution in [0.15, 0.2) is 29.1 Å². The average molecular weight is 233 g/mol. The van der Waals surface area contributed by atoms with Crippen LogP contribution in [0.2, 0.25) is 0 Å². The molecule has 1 unspecified atom stereocenters. The molecule has 0 aliphatic rings. The summed E-state index contributed by atoms with van der Waals surface area (Å²) in [6.45, 7) is 3.96. The van der Waals surface area contributed by atoms with Crippen LogP contribution in [0, 0.1) is 5.92 Å². The molecule has 1 aromatic carbocycles. The Morgan fingerprint density at radius 3 is 2.76 bits per heavy atom. The van der Waals surface area contributed by atoms with Crippen LogP contribution in [0.1, 0.15) is 13.8 Å². The van der Waals surface area contributed by atoms with Gasteiger partial charge in [0.2, 0.25) is 0 Å². The molecule has 0 aliphatic carbocycles. The molecule has 1 atom stereocenters. The maximum Gasteiger partial charge on any atom is 0.277 e. The molecular weight excluding hydrogens is 218 g/mol. The van der Waals surface area contributed by atoms with Gasteiger partial charge >= 0.3 is 0 Å². The van der Waals surface area contributed by atoms with Crippen molar-refractivity contribution >= 4 is 10.9 Å². The summed E-state index contributed by atoms with van der Waals surface area (Å²) in [5, 5.41) is 18.1. The zero-order valence-corrected chi connectivity index (χ0v) is 9.87. The van der Waals surface area contributed by atoms with Gasteiger partial charge in [0.05, 0.1) is 18.0 Å². The van der Waals surface area contributed by atoms with Crippen molar-refractivity contribution in [3.05, 3.63) is 34.6 Å². The van der Waals surface area contributed by atoms with Crippen molar-refractivity contribution in [2.75, 3.05) is 0 Å². The van der Waals surface area contributed by atoms with Crippen molar-refractivity contribution < 1.29 is 5.11 Å². The van der Waals surface area contributed by atoms with Gasteiger partial charge in [-0.05, 0) is 18.1 Å². The van der Waals surface area contributed by atoms with E-state index < -0.39 is 6.10 Å². The first kappa shape index (κ1) is 11.7. The first-order chi connectivity index (χ1) is 8.09. The molecule has 0 amide bonds. The Morgan fingerprint density at radius 2 is 2.06 bits per heavy atom. The Labute approximate surface area is 98.7 Å². The standard InChI is InChI=1S/C12H15N3O2/c1-8(2)11(16)7-15-12(17)9-5-3-4-6-10(9)13-14-15/h3-6,8,11,16H,7H2,1-2H3. The predicted octanol–water partition coefficient (Wildman–Crippen LogP) is 0.808. The van der Waals surface area contributed by atoms with Gasteiger partial charge in [-0.25, -0.2) is 4.68 Å². The summed E-state index contributed by atoms with van der Waals surface area (Å²) in [7, 11) is 0. The van der Waals surface area contributed by atoms with E-state index in [1.807, 2.05) is 19.9 Å². The number of hydrogen-bond acceptors (Lipinski definition) is 4. The van der Waals surface area contributed by atoms with E-state index in [9.17, 15) is 9.90 Å². The fourth-order valence-corrected chi connectivity index (χ4v) is 1.53. The zero-order chi connectivity index (χ0) is 12.4. The van der Waals surface area contributed by atoms with E-state index in [2.05, 4.69) is 10.3 Å². The topological polar surface area (TPSA) is 68.0 Å². The van der Waals surface area contributed by atoms with Crippen LogP contribution in [-0.2, 0) is 6.54 Å². The minimum Gasteiger partial charge on any atom is -0.391 e. The van der Waals surface area contributed by atoms with E-state index in [-0.39, 0.29) is 18.0 Å². The van der Waals surface area contributed by atoms with Crippen molar-refractivity contribution in [2.24, 2.45) is 5.92 Å². The highest BCUT2D eigenvalue weighted by Crippen LogP contribution is 2.05. The molecule has 2 aromatic rings. The molecule has 1 N–H and O–H groups in total. The molecule has 5 heteroatoms. The molecule has 5 nitrogen and oxygen atoms in total. The fraction of sp³-hybridized carbons (Fsp3) is 0.417. The minimum atomic E-state index is -0.594. The van der Waals surface area contributed by atoms with Gasteiger partial charge in [-0.3, -0.25) is 4.79 Å². The third-order valence-electron chi connectivity index (χ3n) is 2.76. The summed E-state index contributed by atoms with van der Waals surface area (Å²) in [4.78, 5) is 12.0. The van der Waals surface area contributed by atoms with Crippen LogP contribution in [0.3, 0.4) is 0 Å². The Bertz CT molecular complexity index is 577. The molecule has 0 saturated carbocycles. The summed E-state index contributed by atoms with van der Waals surface area (Å²) in [5.41, 5.74) is 0.364. The summed E-state index contributed by atoms with van der Waals surface area (Å²) < 4.78 is 1.22. The van der Waals surface area contributed by atoms with Crippen LogP contribution < -0.4 is 5.56 Å². The van der Waals surface area contributed by atoms with Gasteiger partial charge in [0.15, 0.2) is 0 Å². The van der Waals surface area contributed by atoms with Crippen molar-refractivity contribution in [1.82, 2.24) is 15.0 Å². The van der Waals surface area contributed by atoms with Gasteiger partial charge in [-0.2, -0.15) is 0 Å². The van der Waals surface area contributed by atoms with Gasteiger partial charge < -0.3 is 5.11 Å². The van der Waals surface area contributed by atoms with E-state index in [1.165, 1.54) is 4.68 Å². The van der Waals surface area contributed by atoms with Crippen LogP contribution in [0.5, 0.6) is 0 Å². The Hall–Kier alpha value is -1.75. The fourth-order valence-electron chi connectivity index (χ4n) is 1.53. The first-order valence-electron chi connectivity index (χ1n) is 5.60. The number of benzene rings is 1. The molecule has 1 aromatic heterocycles. The highest BCUT2D eigenvalue weighted by Gasteiger charge is 2.13. The third-order valence-corrected chi connectivity index (χ3v) is 2.76. The molecule has 0 saturated heterocycles. The molecule has 1 heterocycles. The van der Waals surface area contributed by atoms with Crippen LogP contribution in [0.4, 0.5) is 0 Å².